The number of carbonyl (C=O) groups is 1. The van der Waals surface area contributed by atoms with Gasteiger partial charge in [-0.25, -0.2) is 9.97 Å². The normalized spacial score (nSPS) is 10.3. The molecule has 0 aliphatic carbocycles. The summed E-state index contributed by atoms with van der Waals surface area (Å²) in [5, 5.41) is 0. The third-order valence-corrected chi connectivity index (χ3v) is 2.11. The SMILES string of the molecule is Cc1cc(C(=O)c2cncnc2)c(C)o1. The third kappa shape index (κ3) is 1.79. The number of furan rings is 1. The number of aryl methyl sites for hydroxylation is 2. The van der Waals surface area contributed by atoms with Crippen molar-refractivity contribution in [2.45, 2.75) is 13.8 Å². The first-order chi connectivity index (χ1) is 7.18. The first kappa shape index (κ1) is 9.58. The van der Waals surface area contributed by atoms with Gasteiger partial charge in [0.25, 0.3) is 0 Å². The van der Waals surface area contributed by atoms with E-state index in [0.29, 0.717) is 16.9 Å². The van der Waals surface area contributed by atoms with Gasteiger partial charge in [-0.05, 0) is 19.9 Å². The van der Waals surface area contributed by atoms with Gasteiger partial charge in [0.1, 0.15) is 17.8 Å². The van der Waals surface area contributed by atoms with E-state index < -0.39 is 0 Å². The van der Waals surface area contributed by atoms with E-state index in [-0.39, 0.29) is 5.78 Å². The maximum Gasteiger partial charge on any atom is 0.199 e. The first-order valence-electron chi connectivity index (χ1n) is 4.55. The number of ketones is 1. The van der Waals surface area contributed by atoms with E-state index in [9.17, 15) is 4.79 Å². The van der Waals surface area contributed by atoms with Crippen molar-refractivity contribution in [3.05, 3.63) is 47.4 Å². The van der Waals surface area contributed by atoms with Crippen LogP contribution in [0.5, 0.6) is 0 Å². The second kappa shape index (κ2) is 3.65. The molecule has 0 radical (unpaired) electrons. The van der Waals surface area contributed by atoms with Crippen molar-refractivity contribution < 1.29 is 9.21 Å². The van der Waals surface area contributed by atoms with E-state index in [1.807, 2.05) is 6.92 Å². The minimum absolute atomic E-state index is 0.107. The smallest absolute Gasteiger partial charge is 0.199 e. The van der Waals surface area contributed by atoms with Crippen LogP contribution in [0.2, 0.25) is 0 Å². The van der Waals surface area contributed by atoms with Crippen molar-refractivity contribution in [3.8, 4) is 0 Å². The maximum atomic E-state index is 11.9. The average Bonchev–Trinajstić information content (AvgIpc) is 2.58. The molecule has 0 aromatic carbocycles. The molecule has 4 nitrogen and oxygen atoms in total. The van der Waals surface area contributed by atoms with Crippen LogP contribution in [0.15, 0.2) is 29.2 Å². The van der Waals surface area contributed by atoms with E-state index in [2.05, 4.69) is 9.97 Å². The fourth-order valence-electron chi connectivity index (χ4n) is 1.43. The molecular formula is C11H10N2O2. The Labute approximate surface area is 87.0 Å². The van der Waals surface area contributed by atoms with Gasteiger partial charge in [0, 0.05) is 12.4 Å². The van der Waals surface area contributed by atoms with Crippen molar-refractivity contribution >= 4 is 5.78 Å². The molecule has 0 atom stereocenters. The number of hydrogen-bond donors (Lipinski definition) is 0. The van der Waals surface area contributed by atoms with Crippen LogP contribution in [0.1, 0.15) is 27.4 Å². The lowest BCUT2D eigenvalue weighted by atomic mass is 10.1. The molecule has 0 spiro atoms. The Bertz CT molecular complexity index is 489. The Balaban J connectivity index is 2.41. The summed E-state index contributed by atoms with van der Waals surface area (Å²) in [7, 11) is 0. The van der Waals surface area contributed by atoms with Gasteiger partial charge >= 0.3 is 0 Å². The second-order valence-corrected chi connectivity index (χ2v) is 3.28. The predicted octanol–water partition coefficient (Wildman–Crippen LogP) is 1.92. The van der Waals surface area contributed by atoms with Crippen LogP contribution in [0.3, 0.4) is 0 Å². The Kier molecular flexibility index (Phi) is 2.33. The summed E-state index contributed by atoms with van der Waals surface area (Å²) >= 11 is 0. The van der Waals surface area contributed by atoms with Gasteiger partial charge in [-0.2, -0.15) is 0 Å². The lowest BCUT2D eigenvalue weighted by Gasteiger charge is -1.96. The molecule has 76 valence electrons. The summed E-state index contributed by atoms with van der Waals surface area (Å²) in [5.74, 6) is 1.25. The predicted molar refractivity (Wildman–Crippen MR) is 53.6 cm³/mol. The Morgan fingerprint density at radius 2 is 1.93 bits per heavy atom. The molecule has 0 aliphatic rings. The largest absolute Gasteiger partial charge is 0.466 e. The monoisotopic (exact) mass is 202 g/mol. The number of hydrogen-bond acceptors (Lipinski definition) is 4. The highest BCUT2D eigenvalue weighted by Gasteiger charge is 2.15. The lowest BCUT2D eigenvalue weighted by Crippen LogP contribution is -2.02. The number of carbonyl (C=O) groups excluding carboxylic acids is 1. The first-order valence-corrected chi connectivity index (χ1v) is 4.55. The molecule has 2 aromatic heterocycles. The quantitative estimate of drug-likeness (QED) is 0.698. The van der Waals surface area contributed by atoms with E-state index in [1.165, 1.54) is 18.7 Å². The lowest BCUT2D eigenvalue weighted by molar-refractivity contribution is 0.103. The van der Waals surface area contributed by atoms with E-state index in [0.717, 1.165) is 5.76 Å². The average molecular weight is 202 g/mol. The van der Waals surface area contributed by atoms with Gasteiger partial charge in [0.15, 0.2) is 5.78 Å². The summed E-state index contributed by atoms with van der Waals surface area (Å²) in [6.07, 6.45) is 4.39. The van der Waals surface area contributed by atoms with Gasteiger partial charge in [0.05, 0.1) is 11.1 Å². The van der Waals surface area contributed by atoms with Crippen molar-refractivity contribution in [2.75, 3.05) is 0 Å². The molecule has 2 rings (SSSR count). The van der Waals surface area contributed by atoms with Gasteiger partial charge in [-0.3, -0.25) is 4.79 Å². The third-order valence-electron chi connectivity index (χ3n) is 2.11. The Hall–Kier alpha value is -1.97. The minimum Gasteiger partial charge on any atom is -0.466 e. The molecule has 2 heterocycles. The van der Waals surface area contributed by atoms with E-state index in [1.54, 1.807) is 13.0 Å². The van der Waals surface area contributed by atoms with Crippen molar-refractivity contribution in [3.63, 3.8) is 0 Å². The zero-order valence-electron chi connectivity index (χ0n) is 8.52. The topological polar surface area (TPSA) is 56.0 Å². The number of rotatable bonds is 2. The Morgan fingerprint density at radius 3 is 2.47 bits per heavy atom. The zero-order chi connectivity index (χ0) is 10.8. The van der Waals surface area contributed by atoms with Crippen LogP contribution < -0.4 is 0 Å². The number of aromatic nitrogens is 2. The second-order valence-electron chi connectivity index (χ2n) is 3.28. The summed E-state index contributed by atoms with van der Waals surface area (Å²) in [5.41, 5.74) is 1.05. The maximum absolute atomic E-state index is 11.9. The van der Waals surface area contributed by atoms with Gasteiger partial charge in [-0.15, -0.1) is 0 Å². The van der Waals surface area contributed by atoms with Crippen LogP contribution in [-0.4, -0.2) is 15.8 Å². The summed E-state index contributed by atoms with van der Waals surface area (Å²) in [6, 6.07) is 1.73. The number of nitrogens with zero attached hydrogens (tertiary/aromatic N) is 2. The summed E-state index contributed by atoms with van der Waals surface area (Å²) in [6.45, 7) is 3.58. The molecule has 0 bridgehead atoms. The molecule has 0 saturated heterocycles. The highest BCUT2D eigenvalue weighted by molar-refractivity contribution is 6.09. The van der Waals surface area contributed by atoms with Crippen molar-refractivity contribution in [1.29, 1.82) is 0 Å². The van der Waals surface area contributed by atoms with Crippen molar-refractivity contribution in [2.24, 2.45) is 0 Å². The molecule has 0 N–H and O–H groups in total. The molecule has 0 fully saturated rings. The van der Waals surface area contributed by atoms with Crippen LogP contribution in [-0.2, 0) is 0 Å². The molecule has 0 unspecified atom stereocenters. The van der Waals surface area contributed by atoms with E-state index >= 15 is 0 Å². The molecule has 0 aliphatic heterocycles. The standard InChI is InChI=1S/C11H10N2O2/c1-7-3-10(8(2)15-7)11(14)9-4-12-6-13-5-9/h3-6H,1-2H3. The summed E-state index contributed by atoms with van der Waals surface area (Å²) in [4.78, 5) is 19.6. The van der Waals surface area contributed by atoms with Crippen molar-refractivity contribution in [1.82, 2.24) is 9.97 Å². The molecular weight excluding hydrogens is 192 g/mol. The van der Waals surface area contributed by atoms with Crippen LogP contribution in [0.4, 0.5) is 0 Å². The minimum atomic E-state index is -0.107. The summed E-state index contributed by atoms with van der Waals surface area (Å²) < 4.78 is 5.30. The van der Waals surface area contributed by atoms with Crippen LogP contribution in [0, 0.1) is 13.8 Å². The highest BCUT2D eigenvalue weighted by atomic mass is 16.3. The zero-order valence-corrected chi connectivity index (χ0v) is 8.52. The van der Waals surface area contributed by atoms with E-state index in [4.69, 9.17) is 4.42 Å². The molecule has 4 heteroatoms. The van der Waals surface area contributed by atoms with Crippen LogP contribution in [0.25, 0.3) is 0 Å². The fourth-order valence-corrected chi connectivity index (χ4v) is 1.43. The van der Waals surface area contributed by atoms with Crippen LogP contribution >= 0.6 is 0 Å². The van der Waals surface area contributed by atoms with Gasteiger partial charge in [-0.1, -0.05) is 0 Å². The fraction of sp³-hybridized carbons (Fsp3) is 0.182. The van der Waals surface area contributed by atoms with Gasteiger partial charge in [0.2, 0.25) is 0 Å². The molecule has 15 heavy (non-hydrogen) atoms. The highest BCUT2D eigenvalue weighted by Crippen LogP contribution is 2.17. The molecule has 2 aromatic rings. The Morgan fingerprint density at radius 1 is 1.27 bits per heavy atom. The van der Waals surface area contributed by atoms with Gasteiger partial charge < -0.3 is 4.42 Å². The molecule has 0 saturated carbocycles. The molecule has 0 amide bonds.